The van der Waals surface area contributed by atoms with Crippen molar-refractivity contribution in [3.8, 4) is 0 Å². The van der Waals surface area contributed by atoms with Crippen LogP contribution in [0.1, 0.15) is 27.4 Å². The Hall–Kier alpha value is -2.80. The fourth-order valence-corrected chi connectivity index (χ4v) is 2.80. The average Bonchev–Trinajstić information content (AvgIpc) is 3.00. The summed E-state index contributed by atoms with van der Waals surface area (Å²) in [4.78, 5) is 19.0. The highest BCUT2D eigenvalue weighted by atomic mass is 19.1. The van der Waals surface area contributed by atoms with Crippen molar-refractivity contribution in [1.29, 1.82) is 0 Å². The largest absolute Gasteiger partial charge is 0.383 e. The average molecular weight is 356 g/mol. The number of hydrogen-bond donors (Lipinski definition) is 0. The topological polar surface area (TPSA) is 59.7 Å². The number of carbonyl (C=O) groups excluding carboxylic acids is 1. The highest BCUT2D eigenvalue weighted by Crippen LogP contribution is 2.15. The molecular formula is C19H21FN4O2. The predicted molar refractivity (Wildman–Crippen MR) is 95.5 cm³/mol. The Balaban J connectivity index is 1.93. The van der Waals surface area contributed by atoms with Gasteiger partial charge in [0.15, 0.2) is 5.65 Å². The van der Waals surface area contributed by atoms with Crippen LogP contribution in [0.15, 0.2) is 36.4 Å². The maximum Gasteiger partial charge on any atom is 0.272 e. The molecule has 2 aromatic heterocycles. The molecule has 0 bridgehead atoms. The molecule has 0 saturated heterocycles. The van der Waals surface area contributed by atoms with Crippen LogP contribution in [0, 0.1) is 19.7 Å². The Labute approximate surface area is 151 Å². The van der Waals surface area contributed by atoms with Gasteiger partial charge in [0.25, 0.3) is 5.91 Å². The van der Waals surface area contributed by atoms with Crippen LogP contribution in [0.4, 0.5) is 4.39 Å². The maximum atomic E-state index is 14.0. The zero-order valence-corrected chi connectivity index (χ0v) is 15.1. The van der Waals surface area contributed by atoms with Gasteiger partial charge in [-0.25, -0.2) is 13.9 Å². The molecular weight excluding hydrogens is 335 g/mol. The Morgan fingerprint density at radius 2 is 2.04 bits per heavy atom. The first kappa shape index (κ1) is 18.0. The second kappa shape index (κ2) is 7.61. The number of ether oxygens (including phenoxy) is 1. The smallest absolute Gasteiger partial charge is 0.272 e. The number of nitrogens with zero attached hydrogens (tertiary/aromatic N) is 4. The number of amides is 1. The Morgan fingerprint density at radius 3 is 2.77 bits per heavy atom. The first-order valence-corrected chi connectivity index (χ1v) is 8.35. The first-order chi connectivity index (χ1) is 12.5. The summed E-state index contributed by atoms with van der Waals surface area (Å²) in [6, 6.07) is 9.95. The van der Waals surface area contributed by atoms with Gasteiger partial charge < -0.3 is 9.64 Å². The lowest BCUT2D eigenvalue weighted by Crippen LogP contribution is -2.34. The van der Waals surface area contributed by atoms with Crippen LogP contribution in [0.2, 0.25) is 0 Å². The molecule has 3 rings (SSSR count). The van der Waals surface area contributed by atoms with Gasteiger partial charge >= 0.3 is 0 Å². The number of aryl methyl sites for hydroxylation is 2. The fourth-order valence-electron chi connectivity index (χ4n) is 2.80. The van der Waals surface area contributed by atoms with E-state index in [9.17, 15) is 9.18 Å². The minimum Gasteiger partial charge on any atom is -0.383 e. The molecule has 7 heteroatoms. The number of hydrogen-bond acceptors (Lipinski definition) is 4. The zero-order chi connectivity index (χ0) is 18.7. The van der Waals surface area contributed by atoms with Gasteiger partial charge in [0, 0.05) is 37.5 Å². The molecule has 1 aromatic carbocycles. The summed E-state index contributed by atoms with van der Waals surface area (Å²) in [5.41, 5.74) is 3.01. The molecule has 0 atom stereocenters. The van der Waals surface area contributed by atoms with E-state index in [0.29, 0.717) is 30.1 Å². The lowest BCUT2D eigenvalue weighted by Gasteiger charge is -2.22. The van der Waals surface area contributed by atoms with E-state index in [1.807, 2.05) is 19.9 Å². The van der Waals surface area contributed by atoms with E-state index in [-0.39, 0.29) is 18.3 Å². The highest BCUT2D eigenvalue weighted by molar-refractivity contribution is 5.93. The number of aromatic nitrogens is 3. The molecule has 0 N–H and O–H groups in total. The molecule has 0 aliphatic heterocycles. The van der Waals surface area contributed by atoms with Crippen LogP contribution in [0.3, 0.4) is 0 Å². The minimum atomic E-state index is -0.339. The van der Waals surface area contributed by atoms with E-state index >= 15 is 0 Å². The van der Waals surface area contributed by atoms with Crippen molar-refractivity contribution in [2.75, 3.05) is 20.3 Å². The molecule has 0 radical (unpaired) electrons. The molecule has 136 valence electrons. The second-order valence-electron chi connectivity index (χ2n) is 6.15. The molecule has 0 aliphatic rings. The second-order valence-corrected chi connectivity index (χ2v) is 6.15. The summed E-state index contributed by atoms with van der Waals surface area (Å²) in [5.74, 6) is -0.608. The van der Waals surface area contributed by atoms with E-state index in [4.69, 9.17) is 4.74 Å². The van der Waals surface area contributed by atoms with E-state index < -0.39 is 0 Å². The molecule has 2 heterocycles. The fraction of sp³-hybridized carbons (Fsp3) is 0.316. The van der Waals surface area contributed by atoms with Gasteiger partial charge in [-0.2, -0.15) is 5.10 Å². The molecule has 0 saturated carbocycles. The molecule has 6 nitrogen and oxygen atoms in total. The summed E-state index contributed by atoms with van der Waals surface area (Å²) in [7, 11) is 1.56. The molecule has 1 amide bonds. The van der Waals surface area contributed by atoms with Crippen molar-refractivity contribution in [2.24, 2.45) is 0 Å². The summed E-state index contributed by atoms with van der Waals surface area (Å²) in [5, 5.41) is 4.35. The monoisotopic (exact) mass is 356 g/mol. The maximum absolute atomic E-state index is 14.0. The third kappa shape index (κ3) is 3.72. The van der Waals surface area contributed by atoms with Crippen LogP contribution >= 0.6 is 0 Å². The van der Waals surface area contributed by atoms with Crippen molar-refractivity contribution in [3.63, 3.8) is 0 Å². The third-order valence-electron chi connectivity index (χ3n) is 4.12. The first-order valence-electron chi connectivity index (χ1n) is 8.35. The SMILES string of the molecule is COCCN(Cc1ccccc1F)C(=O)c1cc(C)n2nc(C)cc2n1. The minimum absolute atomic E-state index is 0.152. The van der Waals surface area contributed by atoms with Crippen molar-refractivity contribution >= 4 is 11.6 Å². The lowest BCUT2D eigenvalue weighted by atomic mass is 10.2. The number of benzene rings is 1. The lowest BCUT2D eigenvalue weighted by molar-refractivity contribution is 0.0672. The standard InChI is InChI=1S/C19H21FN4O2/c1-13-10-18-21-17(11-14(2)24(18)22-13)19(25)23(8-9-26-3)12-15-6-4-5-7-16(15)20/h4-7,10-11H,8-9,12H2,1-3H3. The normalized spacial score (nSPS) is 11.1. The third-order valence-corrected chi connectivity index (χ3v) is 4.12. The van der Waals surface area contributed by atoms with Gasteiger partial charge in [-0.05, 0) is 26.0 Å². The van der Waals surface area contributed by atoms with Crippen molar-refractivity contribution < 1.29 is 13.9 Å². The van der Waals surface area contributed by atoms with E-state index in [1.165, 1.54) is 6.07 Å². The number of carbonyl (C=O) groups is 1. The number of rotatable bonds is 6. The van der Waals surface area contributed by atoms with Crippen molar-refractivity contribution in [1.82, 2.24) is 19.5 Å². The number of halogens is 1. The summed E-state index contributed by atoms with van der Waals surface area (Å²) >= 11 is 0. The van der Waals surface area contributed by atoms with Crippen LogP contribution in [-0.2, 0) is 11.3 Å². The van der Waals surface area contributed by atoms with Gasteiger partial charge in [-0.3, -0.25) is 4.79 Å². The summed E-state index contributed by atoms with van der Waals surface area (Å²) in [6.07, 6.45) is 0. The van der Waals surface area contributed by atoms with Gasteiger partial charge in [-0.15, -0.1) is 0 Å². The molecule has 0 aliphatic carbocycles. The summed E-state index contributed by atoms with van der Waals surface area (Å²) in [6.45, 7) is 4.59. The Kier molecular flexibility index (Phi) is 5.27. The van der Waals surface area contributed by atoms with E-state index in [0.717, 1.165) is 11.4 Å². The molecule has 0 fully saturated rings. The molecule has 0 spiro atoms. The summed E-state index contributed by atoms with van der Waals surface area (Å²) < 4.78 is 20.8. The quantitative estimate of drug-likeness (QED) is 0.681. The van der Waals surface area contributed by atoms with Gasteiger partial charge in [0.05, 0.1) is 12.3 Å². The Bertz CT molecular complexity index is 938. The van der Waals surface area contributed by atoms with Crippen LogP contribution in [0.5, 0.6) is 0 Å². The number of methoxy groups -OCH3 is 1. The van der Waals surface area contributed by atoms with Gasteiger partial charge in [-0.1, -0.05) is 18.2 Å². The molecule has 26 heavy (non-hydrogen) atoms. The van der Waals surface area contributed by atoms with Gasteiger partial charge in [0.1, 0.15) is 11.5 Å². The van der Waals surface area contributed by atoms with Crippen molar-refractivity contribution in [3.05, 3.63) is 64.9 Å². The Morgan fingerprint density at radius 1 is 1.27 bits per heavy atom. The predicted octanol–water partition coefficient (Wildman–Crippen LogP) is 2.77. The van der Waals surface area contributed by atoms with Crippen LogP contribution in [0.25, 0.3) is 5.65 Å². The molecule has 3 aromatic rings. The molecule has 0 unspecified atom stereocenters. The van der Waals surface area contributed by atoms with E-state index in [2.05, 4.69) is 10.1 Å². The van der Waals surface area contributed by atoms with Crippen LogP contribution in [-0.4, -0.2) is 45.7 Å². The number of fused-ring (bicyclic) bond motifs is 1. The van der Waals surface area contributed by atoms with E-state index in [1.54, 1.807) is 40.8 Å². The van der Waals surface area contributed by atoms with Gasteiger partial charge in [0.2, 0.25) is 0 Å². The highest BCUT2D eigenvalue weighted by Gasteiger charge is 2.20. The van der Waals surface area contributed by atoms with Crippen LogP contribution < -0.4 is 0 Å². The zero-order valence-electron chi connectivity index (χ0n) is 15.1. The van der Waals surface area contributed by atoms with Crippen molar-refractivity contribution in [2.45, 2.75) is 20.4 Å².